The molecule has 1 heterocycles. The molecule has 0 saturated heterocycles. The smallest absolute Gasteiger partial charge is 0.208 e. The second-order valence-electron chi connectivity index (χ2n) is 3.04. The number of thioether (sulfide) groups is 1. The number of hydrogen-bond donors (Lipinski definition) is 1. The van der Waals surface area contributed by atoms with Gasteiger partial charge in [0.25, 0.3) is 0 Å². The van der Waals surface area contributed by atoms with E-state index in [1.54, 1.807) is 6.92 Å². The van der Waals surface area contributed by atoms with Crippen LogP contribution in [0.5, 0.6) is 0 Å². The van der Waals surface area contributed by atoms with E-state index in [-0.39, 0.29) is 11.0 Å². The Morgan fingerprint density at radius 2 is 2.38 bits per heavy atom. The van der Waals surface area contributed by atoms with Gasteiger partial charge in [-0.25, -0.2) is 4.98 Å². The van der Waals surface area contributed by atoms with Crippen LogP contribution in [0.2, 0.25) is 0 Å². The molecule has 1 atom stereocenters. The summed E-state index contributed by atoms with van der Waals surface area (Å²) in [6, 6.07) is 0. The molecule has 1 aromatic rings. The fourth-order valence-corrected chi connectivity index (χ4v) is 1.97. The van der Waals surface area contributed by atoms with Crippen molar-refractivity contribution in [3.05, 3.63) is 5.82 Å². The molecule has 0 radical (unpaired) electrons. The molecule has 0 aliphatic rings. The standard InChI is InChI=1S/C8H13N3OS/c1-5(12)4-6(2)13-8-9-7(3)10-11-8/h6H,4H2,1-3H3,(H,9,10,11). The van der Waals surface area contributed by atoms with Gasteiger partial charge in [0.1, 0.15) is 11.6 Å². The van der Waals surface area contributed by atoms with Gasteiger partial charge >= 0.3 is 0 Å². The summed E-state index contributed by atoms with van der Waals surface area (Å²) in [5, 5.41) is 7.70. The lowest BCUT2D eigenvalue weighted by molar-refractivity contribution is -0.116. The van der Waals surface area contributed by atoms with Crippen molar-refractivity contribution in [2.24, 2.45) is 0 Å². The van der Waals surface area contributed by atoms with Crippen molar-refractivity contribution in [2.75, 3.05) is 0 Å². The second-order valence-corrected chi connectivity index (χ2v) is 4.44. The lowest BCUT2D eigenvalue weighted by Crippen LogP contribution is -2.03. The van der Waals surface area contributed by atoms with Crippen molar-refractivity contribution in [1.82, 2.24) is 15.2 Å². The number of carbonyl (C=O) groups excluding carboxylic acids is 1. The molecule has 0 aliphatic heterocycles. The van der Waals surface area contributed by atoms with E-state index in [9.17, 15) is 4.79 Å². The first-order valence-corrected chi connectivity index (χ1v) is 5.01. The van der Waals surface area contributed by atoms with E-state index < -0.39 is 0 Å². The summed E-state index contributed by atoms with van der Waals surface area (Å²) in [6.07, 6.45) is 0.568. The van der Waals surface area contributed by atoms with Crippen LogP contribution in [0.15, 0.2) is 5.16 Å². The predicted molar refractivity (Wildman–Crippen MR) is 51.7 cm³/mol. The largest absolute Gasteiger partial charge is 0.300 e. The third-order valence-corrected chi connectivity index (χ3v) is 2.42. The maximum absolute atomic E-state index is 10.8. The number of aryl methyl sites for hydroxylation is 1. The van der Waals surface area contributed by atoms with Gasteiger partial charge in [-0.2, -0.15) is 0 Å². The van der Waals surface area contributed by atoms with Gasteiger partial charge in [-0.05, 0) is 13.8 Å². The minimum absolute atomic E-state index is 0.201. The Bertz CT molecular complexity index is 297. The number of rotatable bonds is 4. The highest BCUT2D eigenvalue weighted by atomic mass is 32.2. The van der Waals surface area contributed by atoms with Crippen LogP contribution in [0.4, 0.5) is 0 Å². The zero-order valence-electron chi connectivity index (χ0n) is 8.00. The quantitative estimate of drug-likeness (QED) is 0.748. The van der Waals surface area contributed by atoms with Crippen LogP contribution >= 0.6 is 11.8 Å². The summed E-state index contributed by atoms with van der Waals surface area (Å²) in [5.74, 6) is 1.00. The van der Waals surface area contributed by atoms with E-state index in [2.05, 4.69) is 15.2 Å². The van der Waals surface area contributed by atoms with Gasteiger partial charge in [-0.3, -0.25) is 9.89 Å². The number of carbonyl (C=O) groups is 1. The first-order chi connectivity index (χ1) is 6.08. The Morgan fingerprint density at radius 3 is 2.85 bits per heavy atom. The molecule has 0 amide bonds. The van der Waals surface area contributed by atoms with Crippen LogP contribution in [0.3, 0.4) is 0 Å². The Kier molecular flexibility index (Phi) is 3.48. The molecule has 1 N–H and O–H groups in total. The number of nitrogens with one attached hydrogen (secondary N) is 1. The van der Waals surface area contributed by atoms with E-state index >= 15 is 0 Å². The zero-order valence-corrected chi connectivity index (χ0v) is 8.81. The SMILES string of the molecule is CC(=O)CC(C)Sc1n[nH]c(C)n1. The van der Waals surface area contributed by atoms with Gasteiger partial charge in [0.15, 0.2) is 0 Å². The number of H-pyrrole nitrogens is 1. The third-order valence-electron chi connectivity index (χ3n) is 1.46. The first kappa shape index (κ1) is 10.2. The minimum atomic E-state index is 0.201. The highest BCUT2D eigenvalue weighted by Gasteiger charge is 2.09. The van der Waals surface area contributed by atoms with Crippen molar-refractivity contribution in [3.63, 3.8) is 0 Å². The molecule has 0 fully saturated rings. The molecule has 0 bridgehead atoms. The van der Waals surface area contributed by atoms with Gasteiger partial charge < -0.3 is 0 Å². The fraction of sp³-hybridized carbons (Fsp3) is 0.625. The molecule has 72 valence electrons. The number of aromatic amines is 1. The third kappa shape index (κ3) is 3.59. The molecular weight excluding hydrogens is 186 g/mol. The van der Waals surface area contributed by atoms with Crippen LogP contribution < -0.4 is 0 Å². The normalized spacial score (nSPS) is 12.8. The van der Waals surface area contributed by atoms with Crippen molar-refractivity contribution in [2.45, 2.75) is 37.6 Å². The number of nitrogens with zero attached hydrogens (tertiary/aromatic N) is 2. The lowest BCUT2D eigenvalue weighted by atomic mass is 10.2. The summed E-state index contributed by atoms with van der Waals surface area (Å²) >= 11 is 1.52. The minimum Gasteiger partial charge on any atom is -0.300 e. The Labute approximate surface area is 81.5 Å². The molecule has 0 aromatic carbocycles. The molecule has 0 saturated carbocycles. The molecule has 0 spiro atoms. The molecule has 5 heteroatoms. The van der Waals surface area contributed by atoms with E-state index in [1.165, 1.54) is 11.8 Å². The topological polar surface area (TPSA) is 58.6 Å². The summed E-state index contributed by atoms with van der Waals surface area (Å²) < 4.78 is 0. The lowest BCUT2D eigenvalue weighted by Gasteiger charge is -2.04. The summed E-state index contributed by atoms with van der Waals surface area (Å²) in [7, 11) is 0. The zero-order chi connectivity index (χ0) is 9.84. The van der Waals surface area contributed by atoms with E-state index in [0.29, 0.717) is 11.6 Å². The van der Waals surface area contributed by atoms with Gasteiger partial charge in [0.2, 0.25) is 5.16 Å². The summed E-state index contributed by atoms with van der Waals surface area (Å²) in [4.78, 5) is 14.9. The van der Waals surface area contributed by atoms with Crippen LogP contribution in [0.25, 0.3) is 0 Å². The number of Topliss-reactive ketones (excluding diaryl/α,β-unsaturated/α-hetero) is 1. The molecule has 13 heavy (non-hydrogen) atoms. The summed E-state index contributed by atoms with van der Waals surface area (Å²) in [5.41, 5.74) is 0. The van der Waals surface area contributed by atoms with Gasteiger partial charge in [0.05, 0.1) is 0 Å². The van der Waals surface area contributed by atoms with E-state index in [4.69, 9.17) is 0 Å². The number of ketones is 1. The van der Waals surface area contributed by atoms with E-state index in [1.807, 2.05) is 13.8 Å². The predicted octanol–water partition coefficient (Wildman–Crippen LogP) is 1.57. The van der Waals surface area contributed by atoms with Gasteiger partial charge in [0, 0.05) is 11.7 Å². The molecular formula is C8H13N3OS. The molecule has 1 unspecified atom stereocenters. The van der Waals surface area contributed by atoms with Gasteiger partial charge in [-0.1, -0.05) is 18.7 Å². The number of hydrogen-bond acceptors (Lipinski definition) is 4. The average Bonchev–Trinajstić information content (AvgIpc) is 2.33. The second kappa shape index (κ2) is 4.41. The Morgan fingerprint density at radius 1 is 1.69 bits per heavy atom. The monoisotopic (exact) mass is 199 g/mol. The van der Waals surface area contributed by atoms with Crippen LogP contribution in [-0.4, -0.2) is 26.2 Å². The molecule has 4 nitrogen and oxygen atoms in total. The van der Waals surface area contributed by atoms with Crippen molar-refractivity contribution in [3.8, 4) is 0 Å². The van der Waals surface area contributed by atoms with Crippen molar-refractivity contribution < 1.29 is 4.79 Å². The van der Waals surface area contributed by atoms with Crippen LogP contribution in [-0.2, 0) is 4.79 Å². The molecule has 0 aliphatic carbocycles. The highest BCUT2D eigenvalue weighted by Crippen LogP contribution is 2.21. The van der Waals surface area contributed by atoms with E-state index in [0.717, 1.165) is 5.82 Å². The number of aromatic nitrogens is 3. The Balaban J connectivity index is 2.44. The first-order valence-electron chi connectivity index (χ1n) is 4.13. The molecule has 1 aromatic heterocycles. The maximum Gasteiger partial charge on any atom is 0.208 e. The Hall–Kier alpha value is -0.840. The van der Waals surface area contributed by atoms with Crippen molar-refractivity contribution >= 4 is 17.5 Å². The summed E-state index contributed by atoms with van der Waals surface area (Å²) in [6.45, 7) is 5.45. The maximum atomic E-state index is 10.8. The van der Waals surface area contributed by atoms with Crippen molar-refractivity contribution in [1.29, 1.82) is 0 Å². The molecule has 1 rings (SSSR count). The average molecular weight is 199 g/mol. The van der Waals surface area contributed by atoms with Gasteiger partial charge in [-0.15, -0.1) is 5.10 Å². The van der Waals surface area contributed by atoms with Crippen LogP contribution in [0.1, 0.15) is 26.1 Å². The fourth-order valence-electron chi connectivity index (χ4n) is 1.00. The highest BCUT2D eigenvalue weighted by molar-refractivity contribution is 7.99. The van der Waals surface area contributed by atoms with Crippen LogP contribution in [0, 0.1) is 6.92 Å².